The fourth-order valence-electron chi connectivity index (χ4n) is 2.71. The van der Waals surface area contributed by atoms with Crippen LogP contribution in [0.15, 0.2) is 8.42 Å². The van der Waals surface area contributed by atoms with Gasteiger partial charge in [-0.25, -0.2) is 0 Å². The van der Waals surface area contributed by atoms with Crippen molar-refractivity contribution in [2.45, 2.75) is 62.8 Å². The topological polar surface area (TPSA) is 36.9 Å². The summed E-state index contributed by atoms with van der Waals surface area (Å²) in [6.07, 6.45) is 1.81. The summed E-state index contributed by atoms with van der Waals surface area (Å²) in [5.74, 6) is 1.80. The average Bonchev–Trinajstić information content (AvgIpc) is 3.14. The minimum absolute atomic E-state index is 0.635. The molecule has 0 amide bonds. The monoisotopic (exact) mass is 430 g/mol. The van der Waals surface area contributed by atoms with Crippen LogP contribution in [0.3, 0.4) is 0 Å². The molecule has 7 heteroatoms. The normalized spacial score (nSPS) is 10.9. The highest BCUT2D eigenvalue weighted by molar-refractivity contribution is 8.03. The average molecular weight is 431 g/mol. The van der Waals surface area contributed by atoms with Gasteiger partial charge in [-0.15, -0.1) is 0 Å². The van der Waals surface area contributed by atoms with E-state index in [2.05, 4.69) is 13.8 Å². The molecule has 0 N–H and O–H groups in total. The van der Waals surface area contributed by atoms with Crippen LogP contribution in [0.2, 0.25) is 0 Å². The Labute approximate surface area is 175 Å². The Morgan fingerprint density at radius 3 is 1.26 bits per heavy atom. The maximum Gasteiger partial charge on any atom is 0.218 e. The SMILES string of the molecule is CCOc1sc(Sc2sc(OCC)c(OCC)c2CC)c(CC)c1OCC. The van der Waals surface area contributed by atoms with Crippen molar-refractivity contribution in [2.75, 3.05) is 26.4 Å². The Bertz CT molecular complexity index is 661. The zero-order valence-electron chi connectivity index (χ0n) is 17.1. The van der Waals surface area contributed by atoms with Gasteiger partial charge in [0.1, 0.15) is 0 Å². The predicted molar refractivity (Wildman–Crippen MR) is 116 cm³/mol. The van der Waals surface area contributed by atoms with E-state index in [1.54, 1.807) is 34.4 Å². The Kier molecular flexibility index (Phi) is 9.12. The van der Waals surface area contributed by atoms with Crippen LogP contribution < -0.4 is 18.9 Å². The summed E-state index contributed by atoms with van der Waals surface area (Å²) in [6.45, 7) is 14.9. The Morgan fingerprint density at radius 1 is 0.593 bits per heavy atom. The first-order valence-electron chi connectivity index (χ1n) is 9.65. The van der Waals surface area contributed by atoms with Crippen LogP contribution in [0.25, 0.3) is 0 Å². The van der Waals surface area contributed by atoms with Crippen molar-refractivity contribution in [3.05, 3.63) is 11.1 Å². The number of hydrogen-bond donors (Lipinski definition) is 0. The zero-order valence-corrected chi connectivity index (χ0v) is 19.5. The molecule has 2 rings (SSSR count). The molecule has 4 nitrogen and oxygen atoms in total. The van der Waals surface area contributed by atoms with Crippen molar-refractivity contribution in [1.29, 1.82) is 0 Å². The lowest BCUT2D eigenvalue weighted by Crippen LogP contribution is -1.97. The van der Waals surface area contributed by atoms with Gasteiger partial charge in [0, 0.05) is 11.1 Å². The Hall–Kier alpha value is -1.05. The first-order valence-corrected chi connectivity index (χ1v) is 12.1. The molecule has 27 heavy (non-hydrogen) atoms. The van der Waals surface area contributed by atoms with E-state index in [4.69, 9.17) is 18.9 Å². The molecule has 0 aliphatic rings. The fraction of sp³-hybridized carbons (Fsp3) is 0.600. The minimum atomic E-state index is 0.635. The van der Waals surface area contributed by atoms with Gasteiger partial charge in [0.25, 0.3) is 0 Å². The molecular formula is C20H30O4S3. The maximum atomic E-state index is 5.92. The van der Waals surface area contributed by atoms with Gasteiger partial charge in [-0.3, -0.25) is 0 Å². The summed E-state index contributed by atoms with van der Waals surface area (Å²) in [7, 11) is 0. The molecule has 0 aromatic carbocycles. The molecule has 0 spiro atoms. The van der Waals surface area contributed by atoms with E-state index in [0.29, 0.717) is 26.4 Å². The molecule has 0 radical (unpaired) electrons. The Balaban J connectivity index is 2.46. The van der Waals surface area contributed by atoms with Crippen molar-refractivity contribution in [1.82, 2.24) is 0 Å². The number of rotatable bonds is 12. The third-order valence-corrected chi connectivity index (χ3v) is 7.51. The molecule has 0 unspecified atom stereocenters. The van der Waals surface area contributed by atoms with Gasteiger partial charge in [0.15, 0.2) is 11.5 Å². The van der Waals surface area contributed by atoms with E-state index >= 15 is 0 Å². The lowest BCUT2D eigenvalue weighted by Gasteiger charge is -2.08. The molecule has 2 aromatic heterocycles. The summed E-state index contributed by atoms with van der Waals surface area (Å²) in [5, 5.41) is 1.76. The van der Waals surface area contributed by atoms with Gasteiger partial charge in [0.05, 0.1) is 34.8 Å². The second-order valence-electron chi connectivity index (χ2n) is 5.51. The van der Waals surface area contributed by atoms with Gasteiger partial charge in [-0.2, -0.15) is 0 Å². The molecule has 152 valence electrons. The van der Waals surface area contributed by atoms with Crippen LogP contribution in [0.4, 0.5) is 0 Å². The lowest BCUT2D eigenvalue weighted by atomic mass is 10.2. The van der Waals surface area contributed by atoms with Gasteiger partial charge in [-0.05, 0) is 40.5 Å². The third-order valence-electron chi connectivity index (χ3n) is 3.80. The molecule has 2 heterocycles. The summed E-state index contributed by atoms with van der Waals surface area (Å²) >= 11 is 5.12. The van der Waals surface area contributed by atoms with Crippen LogP contribution in [0.5, 0.6) is 21.6 Å². The highest BCUT2D eigenvalue weighted by Gasteiger charge is 2.25. The van der Waals surface area contributed by atoms with Crippen molar-refractivity contribution in [3.8, 4) is 21.6 Å². The van der Waals surface area contributed by atoms with Crippen molar-refractivity contribution >= 4 is 34.4 Å². The first kappa shape index (κ1) is 22.2. The molecular weight excluding hydrogens is 400 g/mol. The molecule has 0 bridgehead atoms. The largest absolute Gasteiger partial charge is 0.489 e. The smallest absolute Gasteiger partial charge is 0.218 e. The van der Waals surface area contributed by atoms with Crippen molar-refractivity contribution in [3.63, 3.8) is 0 Å². The molecule has 0 atom stereocenters. The summed E-state index contributed by atoms with van der Waals surface area (Å²) in [6, 6.07) is 0. The van der Waals surface area contributed by atoms with E-state index in [-0.39, 0.29) is 0 Å². The molecule has 0 saturated carbocycles. The summed E-state index contributed by atoms with van der Waals surface area (Å²) < 4.78 is 26.0. The Morgan fingerprint density at radius 2 is 0.963 bits per heavy atom. The molecule has 2 aromatic rings. The van der Waals surface area contributed by atoms with E-state index in [9.17, 15) is 0 Å². The van der Waals surface area contributed by atoms with Crippen LogP contribution in [-0.2, 0) is 12.8 Å². The van der Waals surface area contributed by atoms with Crippen molar-refractivity contribution in [2.24, 2.45) is 0 Å². The van der Waals surface area contributed by atoms with Crippen molar-refractivity contribution < 1.29 is 18.9 Å². The van der Waals surface area contributed by atoms with E-state index in [1.165, 1.54) is 19.5 Å². The predicted octanol–water partition coefficient (Wildman–Crippen LogP) is 6.68. The van der Waals surface area contributed by atoms with Gasteiger partial charge < -0.3 is 18.9 Å². The lowest BCUT2D eigenvalue weighted by molar-refractivity contribution is 0.293. The summed E-state index contributed by atoms with van der Waals surface area (Å²) in [5.41, 5.74) is 2.45. The van der Waals surface area contributed by atoms with Crippen LogP contribution in [-0.4, -0.2) is 26.4 Å². The zero-order chi connectivity index (χ0) is 19.8. The third kappa shape index (κ3) is 5.06. The maximum absolute atomic E-state index is 5.92. The second-order valence-corrected chi connectivity index (χ2v) is 9.01. The number of thiophene rings is 2. The van der Waals surface area contributed by atoms with Crippen LogP contribution in [0, 0.1) is 0 Å². The molecule has 0 aliphatic carbocycles. The van der Waals surface area contributed by atoms with Gasteiger partial charge in [0.2, 0.25) is 10.1 Å². The quantitative estimate of drug-likeness (QED) is 0.375. The molecule has 0 aliphatic heterocycles. The van der Waals surface area contributed by atoms with E-state index in [1.807, 2.05) is 27.7 Å². The van der Waals surface area contributed by atoms with Gasteiger partial charge >= 0.3 is 0 Å². The highest BCUT2D eigenvalue weighted by Crippen LogP contribution is 2.54. The fourth-order valence-corrected chi connectivity index (χ4v) is 7.00. The number of hydrogen-bond acceptors (Lipinski definition) is 7. The van der Waals surface area contributed by atoms with Crippen LogP contribution in [0.1, 0.15) is 52.7 Å². The standard InChI is InChI=1S/C20H30O4S3/c1-7-13-15(21-9-3)17(23-11-5)25-19(13)27-20-14(8-2)16(22-10-4)18(26-20)24-12-6/h7-12H2,1-6H3. The highest BCUT2D eigenvalue weighted by atomic mass is 32.2. The summed E-state index contributed by atoms with van der Waals surface area (Å²) in [4.78, 5) is 0. The van der Waals surface area contributed by atoms with E-state index < -0.39 is 0 Å². The number of ether oxygens (including phenoxy) is 4. The molecule has 0 saturated heterocycles. The van der Waals surface area contributed by atoms with Gasteiger partial charge in [-0.1, -0.05) is 48.3 Å². The second kappa shape index (κ2) is 11.1. The van der Waals surface area contributed by atoms with Crippen LogP contribution >= 0.6 is 34.4 Å². The first-order chi connectivity index (χ1) is 13.1. The minimum Gasteiger partial charge on any atom is -0.489 e. The molecule has 0 fully saturated rings. The van der Waals surface area contributed by atoms with E-state index in [0.717, 1.165) is 34.5 Å².